The number of hydrogen-bond donors (Lipinski definition) is 1. The maximum absolute atomic E-state index is 12.5. The summed E-state index contributed by atoms with van der Waals surface area (Å²) in [5.41, 5.74) is 0.953. The highest BCUT2D eigenvalue weighted by Crippen LogP contribution is 2.30. The van der Waals surface area contributed by atoms with E-state index >= 15 is 0 Å². The zero-order valence-electron chi connectivity index (χ0n) is 12.0. The lowest BCUT2D eigenvalue weighted by Gasteiger charge is -2.36. The van der Waals surface area contributed by atoms with Gasteiger partial charge in [0, 0.05) is 23.0 Å². The Kier molecular flexibility index (Phi) is 4.98. The number of non-ortho nitro benzene ring substituents is 1. The first kappa shape index (κ1) is 15.9. The van der Waals surface area contributed by atoms with Crippen LogP contribution in [0.5, 0.6) is 0 Å². The molecule has 0 saturated heterocycles. The van der Waals surface area contributed by atoms with E-state index in [0.717, 1.165) is 31.0 Å². The van der Waals surface area contributed by atoms with Crippen LogP contribution in [-0.2, 0) is 0 Å². The number of nitrogens with one attached hydrogen (secondary N) is 1. The zero-order chi connectivity index (χ0) is 15.5. The third-order valence-electron chi connectivity index (χ3n) is 4.11. The summed E-state index contributed by atoms with van der Waals surface area (Å²) in [7, 11) is 0. The van der Waals surface area contributed by atoms with Crippen LogP contribution in [0.2, 0.25) is 0 Å². The van der Waals surface area contributed by atoms with Gasteiger partial charge < -0.3 is 5.32 Å². The second kappa shape index (κ2) is 6.56. The van der Waals surface area contributed by atoms with Gasteiger partial charge in [-0.15, -0.1) is 0 Å². The number of alkyl halides is 1. The maximum atomic E-state index is 12.5. The third-order valence-corrected chi connectivity index (χ3v) is 5.18. The van der Waals surface area contributed by atoms with Gasteiger partial charge in [-0.05, 0) is 31.4 Å². The molecule has 0 heterocycles. The molecule has 21 heavy (non-hydrogen) atoms. The van der Waals surface area contributed by atoms with Gasteiger partial charge in [-0.3, -0.25) is 14.9 Å². The highest BCUT2D eigenvalue weighted by molar-refractivity contribution is 9.09. The molecule has 1 aromatic rings. The van der Waals surface area contributed by atoms with Gasteiger partial charge in [-0.2, -0.15) is 0 Å². The van der Waals surface area contributed by atoms with Crippen LogP contribution in [0.4, 0.5) is 5.69 Å². The first-order chi connectivity index (χ1) is 9.97. The molecule has 1 saturated carbocycles. The topological polar surface area (TPSA) is 72.2 Å². The van der Waals surface area contributed by atoms with Crippen molar-refractivity contribution in [2.45, 2.75) is 44.6 Å². The number of benzene rings is 1. The lowest BCUT2D eigenvalue weighted by atomic mass is 9.83. The number of amides is 1. The summed E-state index contributed by atoms with van der Waals surface area (Å²) < 4.78 is 0. The number of nitrogens with zero attached hydrogens (tertiary/aromatic N) is 1. The van der Waals surface area contributed by atoms with Gasteiger partial charge in [0.1, 0.15) is 0 Å². The number of carbonyl (C=O) groups excluding carboxylic acids is 1. The van der Waals surface area contributed by atoms with E-state index in [2.05, 4.69) is 21.2 Å². The average Bonchev–Trinajstić information content (AvgIpc) is 2.47. The second-order valence-corrected chi connectivity index (χ2v) is 6.25. The molecule has 5 nitrogen and oxygen atoms in total. The molecular weight excluding hydrogens is 336 g/mol. The van der Waals surface area contributed by atoms with Gasteiger partial charge in [-0.25, -0.2) is 0 Å². The molecule has 1 N–H and O–H groups in total. The predicted octanol–water partition coefficient (Wildman–Crippen LogP) is 3.73. The average molecular weight is 355 g/mol. The Balaban J connectivity index is 2.18. The minimum Gasteiger partial charge on any atom is -0.346 e. The van der Waals surface area contributed by atoms with Crippen molar-refractivity contribution in [2.24, 2.45) is 0 Å². The predicted molar refractivity (Wildman–Crippen MR) is 84.9 cm³/mol. The zero-order valence-corrected chi connectivity index (χ0v) is 13.6. The molecule has 1 amide bonds. The largest absolute Gasteiger partial charge is 0.346 e. The lowest BCUT2D eigenvalue weighted by Crippen LogP contribution is -2.51. The van der Waals surface area contributed by atoms with Gasteiger partial charge in [0.15, 0.2) is 0 Å². The fourth-order valence-corrected chi connectivity index (χ4v) is 3.55. The molecule has 0 unspecified atom stereocenters. The molecule has 1 aromatic carbocycles. The molecule has 0 aliphatic heterocycles. The van der Waals surface area contributed by atoms with E-state index in [1.165, 1.54) is 24.6 Å². The molecule has 114 valence electrons. The summed E-state index contributed by atoms with van der Waals surface area (Å²) in [6, 6.07) is 4.35. The summed E-state index contributed by atoms with van der Waals surface area (Å²) >= 11 is 3.51. The quantitative estimate of drug-likeness (QED) is 0.508. The van der Waals surface area contributed by atoms with E-state index in [-0.39, 0.29) is 17.1 Å². The number of halogens is 1. The smallest absolute Gasteiger partial charge is 0.269 e. The van der Waals surface area contributed by atoms with Crippen LogP contribution in [0.3, 0.4) is 0 Å². The molecule has 1 aliphatic carbocycles. The van der Waals surface area contributed by atoms with Gasteiger partial charge >= 0.3 is 0 Å². The Morgan fingerprint density at radius 2 is 2.05 bits per heavy atom. The Bertz CT molecular complexity index is 554. The van der Waals surface area contributed by atoms with Crippen molar-refractivity contribution >= 4 is 27.5 Å². The van der Waals surface area contributed by atoms with Crippen LogP contribution in [0, 0.1) is 17.0 Å². The fourth-order valence-electron chi connectivity index (χ4n) is 2.84. The van der Waals surface area contributed by atoms with Crippen LogP contribution in [0.25, 0.3) is 0 Å². The molecule has 0 spiro atoms. The Morgan fingerprint density at radius 1 is 1.38 bits per heavy atom. The van der Waals surface area contributed by atoms with Crippen LogP contribution < -0.4 is 5.32 Å². The van der Waals surface area contributed by atoms with E-state index in [0.29, 0.717) is 11.1 Å². The summed E-state index contributed by atoms with van der Waals surface area (Å²) in [5, 5.41) is 14.6. The number of carbonyl (C=O) groups is 1. The van der Waals surface area contributed by atoms with Gasteiger partial charge in [0.2, 0.25) is 0 Å². The molecule has 2 rings (SSSR count). The Hall–Kier alpha value is -1.43. The van der Waals surface area contributed by atoms with E-state index < -0.39 is 4.92 Å². The highest BCUT2D eigenvalue weighted by Gasteiger charge is 2.33. The molecule has 6 heteroatoms. The number of nitro benzene ring substituents is 1. The van der Waals surface area contributed by atoms with Crippen molar-refractivity contribution in [3.8, 4) is 0 Å². The molecule has 0 radical (unpaired) electrons. The number of hydrogen-bond acceptors (Lipinski definition) is 3. The van der Waals surface area contributed by atoms with E-state index in [9.17, 15) is 14.9 Å². The minimum absolute atomic E-state index is 0.0110. The van der Waals surface area contributed by atoms with Crippen LogP contribution in [-0.4, -0.2) is 21.7 Å². The summed E-state index contributed by atoms with van der Waals surface area (Å²) in [4.78, 5) is 22.8. The van der Waals surface area contributed by atoms with E-state index in [4.69, 9.17) is 0 Å². The van der Waals surface area contributed by atoms with Gasteiger partial charge in [0.25, 0.3) is 11.6 Å². The molecule has 0 atom stereocenters. The lowest BCUT2D eigenvalue weighted by molar-refractivity contribution is -0.384. The number of rotatable bonds is 4. The van der Waals surface area contributed by atoms with Crippen molar-refractivity contribution in [1.29, 1.82) is 0 Å². The van der Waals surface area contributed by atoms with E-state index in [1.54, 1.807) is 6.92 Å². The van der Waals surface area contributed by atoms with Crippen molar-refractivity contribution < 1.29 is 9.72 Å². The second-order valence-electron chi connectivity index (χ2n) is 5.69. The Morgan fingerprint density at radius 3 is 2.57 bits per heavy atom. The first-order valence-corrected chi connectivity index (χ1v) is 8.23. The normalized spacial score (nSPS) is 17.2. The van der Waals surface area contributed by atoms with Crippen molar-refractivity contribution in [2.75, 3.05) is 5.33 Å². The SMILES string of the molecule is Cc1cc([N+](=O)[O-])ccc1C(=O)NC1(CBr)CCCCC1. The number of nitro groups is 1. The van der Waals surface area contributed by atoms with Crippen molar-refractivity contribution in [3.05, 3.63) is 39.4 Å². The van der Waals surface area contributed by atoms with Crippen molar-refractivity contribution in [1.82, 2.24) is 5.32 Å². The fraction of sp³-hybridized carbons (Fsp3) is 0.533. The monoisotopic (exact) mass is 354 g/mol. The Labute approximate surface area is 132 Å². The minimum atomic E-state index is -0.449. The maximum Gasteiger partial charge on any atom is 0.269 e. The third kappa shape index (κ3) is 3.61. The van der Waals surface area contributed by atoms with Gasteiger partial charge in [0.05, 0.1) is 10.5 Å². The standard InChI is InChI=1S/C15H19BrN2O3/c1-11-9-12(18(20)21)5-6-13(11)14(19)17-15(10-16)7-3-2-4-8-15/h5-6,9H,2-4,7-8,10H2,1H3,(H,17,19). The number of aryl methyl sites for hydroxylation is 1. The summed E-state index contributed by atoms with van der Waals surface area (Å²) in [5.74, 6) is -0.149. The van der Waals surface area contributed by atoms with Crippen LogP contribution >= 0.6 is 15.9 Å². The molecule has 1 aliphatic rings. The molecule has 0 bridgehead atoms. The van der Waals surface area contributed by atoms with Gasteiger partial charge in [-0.1, -0.05) is 35.2 Å². The molecule has 1 fully saturated rings. The highest BCUT2D eigenvalue weighted by atomic mass is 79.9. The summed E-state index contributed by atoms with van der Waals surface area (Å²) in [6.07, 6.45) is 5.38. The molecule has 0 aromatic heterocycles. The van der Waals surface area contributed by atoms with E-state index in [1.807, 2.05) is 0 Å². The molecular formula is C15H19BrN2O3. The first-order valence-electron chi connectivity index (χ1n) is 7.11. The van der Waals surface area contributed by atoms with Crippen molar-refractivity contribution in [3.63, 3.8) is 0 Å². The van der Waals surface area contributed by atoms with Crippen LogP contribution in [0.1, 0.15) is 48.0 Å². The van der Waals surface area contributed by atoms with Crippen LogP contribution in [0.15, 0.2) is 18.2 Å². The summed E-state index contributed by atoms with van der Waals surface area (Å²) in [6.45, 7) is 1.73.